The molecule has 1 amide bonds. The van der Waals surface area contributed by atoms with Crippen molar-refractivity contribution in [2.24, 2.45) is 11.3 Å². The van der Waals surface area contributed by atoms with Crippen LogP contribution in [-0.2, 0) is 12.8 Å². The fraction of sp³-hybridized carbons (Fsp3) is 0.400. The van der Waals surface area contributed by atoms with Crippen molar-refractivity contribution in [2.75, 3.05) is 5.32 Å². The quantitative estimate of drug-likeness (QED) is 0.400. The molecule has 5 rings (SSSR count). The Hall–Kier alpha value is -2.05. The average molecular weight is 499 g/mol. The number of thiophene rings is 1. The highest BCUT2D eigenvalue weighted by Crippen LogP contribution is 2.47. The summed E-state index contributed by atoms with van der Waals surface area (Å²) in [5.41, 5.74) is 3.44. The monoisotopic (exact) mass is 498 g/mol. The molecule has 0 radical (unpaired) electrons. The van der Waals surface area contributed by atoms with Crippen molar-refractivity contribution in [3.8, 4) is 11.3 Å². The highest BCUT2D eigenvalue weighted by Gasteiger charge is 2.37. The number of carbonyl (C=O) groups is 1. The Kier molecular flexibility index (Phi) is 5.25. The third-order valence-electron chi connectivity index (χ3n) is 7.10. The second-order valence-electron chi connectivity index (χ2n) is 9.25. The van der Waals surface area contributed by atoms with Crippen LogP contribution in [0, 0.1) is 11.3 Å². The number of fused-ring (bicyclic) bond motifs is 3. The molecule has 0 saturated heterocycles. The van der Waals surface area contributed by atoms with Crippen LogP contribution in [0.15, 0.2) is 45.3 Å². The van der Waals surface area contributed by atoms with Gasteiger partial charge in [-0.05, 0) is 60.4 Å². The van der Waals surface area contributed by atoms with Gasteiger partial charge in [-0.3, -0.25) is 4.79 Å². The van der Waals surface area contributed by atoms with Gasteiger partial charge < -0.3 is 15.1 Å². The molecule has 2 N–H and O–H groups in total. The lowest BCUT2D eigenvalue weighted by Crippen LogP contribution is -2.38. The number of hydrogen-bond acceptors (Lipinski definition) is 4. The van der Waals surface area contributed by atoms with Crippen LogP contribution in [0.5, 0.6) is 0 Å². The molecule has 2 aromatic heterocycles. The molecular weight excluding hydrogens is 472 g/mol. The fourth-order valence-corrected chi connectivity index (χ4v) is 6.29. The van der Waals surface area contributed by atoms with Crippen molar-refractivity contribution in [1.29, 1.82) is 0 Å². The molecule has 2 aliphatic rings. The van der Waals surface area contributed by atoms with Crippen molar-refractivity contribution < 1.29 is 9.21 Å². The van der Waals surface area contributed by atoms with E-state index < -0.39 is 0 Å². The van der Waals surface area contributed by atoms with Gasteiger partial charge in [0.2, 0.25) is 0 Å². The van der Waals surface area contributed by atoms with Crippen LogP contribution in [-0.4, -0.2) is 5.91 Å². The van der Waals surface area contributed by atoms with Crippen LogP contribution in [0.25, 0.3) is 11.3 Å². The zero-order valence-electron chi connectivity index (χ0n) is 18.0. The number of anilines is 1. The molecule has 0 fully saturated rings. The highest BCUT2D eigenvalue weighted by molar-refractivity contribution is 9.10. The molecule has 4 nitrogen and oxygen atoms in total. The summed E-state index contributed by atoms with van der Waals surface area (Å²) in [6, 6.07) is 11.9. The standard InChI is InChI=1S/C25H27BrN2O2S/c1-4-25(2,3)15-7-10-17-20(13-15)31-24-21(17)23(29)27-22(28-24)19-12-11-18(30-19)14-5-8-16(26)9-6-14/h5-6,8-9,11-12,15,22,28H,4,7,10,13H2,1-3H3,(H,27,29)/t15-,22+/m0/s1. The minimum absolute atomic E-state index is 0.00560. The molecule has 0 spiro atoms. The maximum absolute atomic E-state index is 13.1. The van der Waals surface area contributed by atoms with Gasteiger partial charge in [-0.1, -0.05) is 55.3 Å². The summed E-state index contributed by atoms with van der Waals surface area (Å²) in [6.07, 6.45) is 4.04. The number of carbonyl (C=O) groups excluding carboxylic acids is 1. The SMILES string of the molecule is CCC(C)(C)[C@H]1CCc2c(sc3c2C(=O)N[C@@H](c2ccc(-c4ccc(Br)cc4)o2)N3)C1. The summed E-state index contributed by atoms with van der Waals surface area (Å²) in [7, 11) is 0. The van der Waals surface area contributed by atoms with E-state index in [1.54, 1.807) is 11.3 Å². The lowest BCUT2D eigenvalue weighted by molar-refractivity contribution is 0.0930. The number of benzene rings is 1. The molecule has 0 unspecified atom stereocenters. The number of halogens is 1. The Morgan fingerprint density at radius 1 is 1.16 bits per heavy atom. The van der Waals surface area contributed by atoms with E-state index in [9.17, 15) is 4.79 Å². The predicted octanol–water partition coefficient (Wildman–Crippen LogP) is 7.17. The first kappa shape index (κ1) is 20.8. The van der Waals surface area contributed by atoms with Crippen LogP contribution in [0.3, 0.4) is 0 Å². The molecule has 6 heteroatoms. The minimum Gasteiger partial charge on any atom is -0.457 e. The van der Waals surface area contributed by atoms with Gasteiger partial charge in [0.25, 0.3) is 5.91 Å². The van der Waals surface area contributed by atoms with Gasteiger partial charge in [0.05, 0.1) is 5.56 Å². The Morgan fingerprint density at radius 2 is 1.94 bits per heavy atom. The molecule has 1 aromatic carbocycles. The summed E-state index contributed by atoms with van der Waals surface area (Å²) >= 11 is 5.22. The van der Waals surface area contributed by atoms with Gasteiger partial charge in [0.15, 0.2) is 6.17 Å². The smallest absolute Gasteiger partial charge is 0.256 e. The molecule has 2 atom stereocenters. The Morgan fingerprint density at radius 3 is 2.68 bits per heavy atom. The molecule has 3 heterocycles. The van der Waals surface area contributed by atoms with Gasteiger partial charge >= 0.3 is 0 Å². The van der Waals surface area contributed by atoms with Crippen molar-refractivity contribution in [1.82, 2.24) is 5.32 Å². The predicted molar refractivity (Wildman–Crippen MR) is 130 cm³/mol. The van der Waals surface area contributed by atoms with Crippen LogP contribution in [0.1, 0.15) is 66.3 Å². The van der Waals surface area contributed by atoms with Crippen LogP contribution in [0.2, 0.25) is 0 Å². The lowest BCUT2D eigenvalue weighted by Gasteiger charge is -2.36. The minimum atomic E-state index is -0.354. The maximum atomic E-state index is 13.1. The zero-order valence-corrected chi connectivity index (χ0v) is 20.5. The van der Waals surface area contributed by atoms with E-state index in [1.807, 2.05) is 36.4 Å². The molecule has 0 bridgehead atoms. The van der Waals surface area contributed by atoms with Crippen molar-refractivity contribution in [3.63, 3.8) is 0 Å². The first-order valence-corrected chi connectivity index (χ1v) is 12.5. The number of rotatable bonds is 4. The van der Waals surface area contributed by atoms with E-state index in [0.717, 1.165) is 45.6 Å². The van der Waals surface area contributed by atoms with Crippen LogP contribution in [0.4, 0.5) is 5.00 Å². The maximum Gasteiger partial charge on any atom is 0.256 e. The van der Waals surface area contributed by atoms with Crippen molar-refractivity contribution >= 4 is 38.2 Å². The topological polar surface area (TPSA) is 54.3 Å². The lowest BCUT2D eigenvalue weighted by atomic mass is 9.69. The van der Waals surface area contributed by atoms with E-state index in [1.165, 1.54) is 16.9 Å². The van der Waals surface area contributed by atoms with Crippen molar-refractivity contribution in [2.45, 2.75) is 52.6 Å². The van der Waals surface area contributed by atoms with E-state index in [2.05, 4.69) is 47.3 Å². The van der Waals surface area contributed by atoms with Gasteiger partial charge in [-0.15, -0.1) is 11.3 Å². The first-order valence-electron chi connectivity index (χ1n) is 10.9. The van der Waals surface area contributed by atoms with Gasteiger partial charge in [0.1, 0.15) is 16.5 Å². The Balaban J connectivity index is 1.40. The molecule has 31 heavy (non-hydrogen) atoms. The van der Waals surface area contributed by atoms with Gasteiger partial charge in [-0.25, -0.2) is 0 Å². The molecule has 3 aromatic rings. The van der Waals surface area contributed by atoms with Gasteiger partial charge in [-0.2, -0.15) is 0 Å². The summed E-state index contributed by atoms with van der Waals surface area (Å²) in [4.78, 5) is 14.4. The number of amides is 1. The van der Waals surface area contributed by atoms with E-state index in [4.69, 9.17) is 4.42 Å². The Bertz CT molecular complexity index is 1130. The van der Waals surface area contributed by atoms with Crippen LogP contribution < -0.4 is 10.6 Å². The summed E-state index contributed by atoms with van der Waals surface area (Å²) < 4.78 is 7.13. The van der Waals surface area contributed by atoms with E-state index in [-0.39, 0.29) is 12.1 Å². The zero-order chi connectivity index (χ0) is 21.8. The van der Waals surface area contributed by atoms with E-state index in [0.29, 0.717) is 17.1 Å². The number of furan rings is 1. The largest absolute Gasteiger partial charge is 0.457 e. The fourth-order valence-electron chi connectivity index (χ4n) is 4.67. The van der Waals surface area contributed by atoms with E-state index >= 15 is 0 Å². The Labute approximate surface area is 195 Å². The van der Waals surface area contributed by atoms with Gasteiger partial charge in [0, 0.05) is 14.9 Å². The molecular formula is C25H27BrN2O2S. The third-order valence-corrected chi connectivity index (χ3v) is 8.81. The molecule has 1 aliphatic carbocycles. The third kappa shape index (κ3) is 3.74. The second kappa shape index (κ2) is 7.82. The molecule has 0 saturated carbocycles. The molecule has 1 aliphatic heterocycles. The normalized spacial score (nSPS) is 20.6. The molecule has 162 valence electrons. The summed E-state index contributed by atoms with van der Waals surface area (Å²) in [6.45, 7) is 7.02. The average Bonchev–Trinajstić information content (AvgIpc) is 3.38. The van der Waals surface area contributed by atoms with Crippen molar-refractivity contribution in [3.05, 3.63) is 62.6 Å². The second-order valence-corrected chi connectivity index (χ2v) is 11.3. The summed E-state index contributed by atoms with van der Waals surface area (Å²) in [5, 5.41) is 7.62. The van der Waals surface area contributed by atoms with Crippen LogP contribution >= 0.6 is 27.3 Å². The summed E-state index contributed by atoms with van der Waals surface area (Å²) in [5.74, 6) is 2.18. The number of nitrogens with one attached hydrogen (secondary N) is 2. The number of hydrogen-bond donors (Lipinski definition) is 2. The highest BCUT2D eigenvalue weighted by atomic mass is 79.9. The first-order chi connectivity index (χ1) is 14.9.